The third-order valence-corrected chi connectivity index (χ3v) is 7.75. The number of carboxylic acids is 2. The number of azo groups is 2. The van der Waals surface area contributed by atoms with Crippen molar-refractivity contribution in [3.8, 4) is 11.9 Å². The van der Waals surface area contributed by atoms with Gasteiger partial charge >= 0.3 is 11.9 Å². The number of aromatic carboxylic acids is 2. The third-order valence-electron chi connectivity index (χ3n) is 7.75. The topological polar surface area (TPSA) is 286 Å². The third kappa shape index (κ3) is 7.31. The van der Waals surface area contributed by atoms with Crippen LogP contribution in [0.2, 0.25) is 0 Å². The van der Waals surface area contributed by atoms with Gasteiger partial charge in [0.15, 0.2) is 34.6 Å². The van der Waals surface area contributed by atoms with Crippen LogP contribution >= 0.6 is 0 Å². The molecule has 0 saturated heterocycles. The van der Waals surface area contributed by atoms with Gasteiger partial charge in [0, 0.05) is 20.0 Å². The van der Waals surface area contributed by atoms with Gasteiger partial charge < -0.3 is 21.7 Å². The van der Waals surface area contributed by atoms with Crippen molar-refractivity contribution in [3.05, 3.63) is 40.7 Å². The van der Waals surface area contributed by atoms with Gasteiger partial charge in [0.1, 0.15) is 17.0 Å². The van der Waals surface area contributed by atoms with E-state index in [-0.39, 0.29) is 63.6 Å². The molecule has 5 heterocycles. The monoisotopic (exact) mass is 701 g/mol. The Bertz CT molecular complexity index is 1990. The maximum atomic E-state index is 11.7. The van der Waals surface area contributed by atoms with E-state index in [4.69, 9.17) is 21.7 Å². The molecule has 0 atom stereocenters. The second kappa shape index (κ2) is 15.0. The molecule has 0 aromatic carbocycles. The molecule has 0 fully saturated rings. The van der Waals surface area contributed by atoms with Gasteiger partial charge in [-0.05, 0) is 25.7 Å². The first-order valence-electron chi connectivity index (χ1n) is 16.2. The molecule has 5 rings (SSSR count). The summed E-state index contributed by atoms with van der Waals surface area (Å²) in [6, 6.07) is 0. The Balaban J connectivity index is 1.64. The fraction of sp³-hybridized carbons (Fsp3) is 0.433. The van der Waals surface area contributed by atoms with E-state index >= 15 is 0 Å². The van der Waals surface area contributed by atoms with E-state index in [1.807, 2.05) is 27.7 Å². The minimum Gasteiger partial charge on any atom is -0.477 e. The minimum absolute atomic E-state index is 0.0317. The summed E-state index contributed by atoms with van der Waals surface area (Å²) in [6.07, 6.45) is 6.62. The van der Waals surface area contributed by atoms with E-state index in [0.717, 1.165) is 25.7 Å². The molecular weight excluding hydrogens is 662 g/mol. The van der Waals surface area contributed by atoms with Gasteiger partial charge in [-0.25, -0.2) is 19.0 Å². The smallest absolute Gasteiger partial charge is 0.341 e. The van der Waals surface area contributed by atoms with Gasteiger partial charge in [-0.2, -0.15) is 44.7 Å². The van der Waals surface area contributed by atoms with Crippen molar-refractivity contribution in [1.82, 2.24) is 54.1 Å². The maximum absolute atomic E-state index is 11.7. The van der Waals surface area contributed by atoms with Crippen LogP contribution in [0.4, 0.5) is 34.6 Å². The number of aromatic nitrogens is 11. The highest BCUT2D eigenvalue weighted by Gasteiger charge is 2.25. The van der Waals surface area contributed by atoms with Crippen LogP contribution in [0.3, 0.4) is 0 Å². The van der Waals surface area contributed by atoms with Crippen LogP contribution in [0, 0.1) is 0 Å². The van der Waals surface area contributed by atoms with E-state index in [1.165, 1.54) is 31.1 Å². The van der Waals surface area contributed by atoms with E-state index in [2.05, 4.69) is 45.6 Å². The fourth-order valence-electron chi connectivity index (χ4n) is 4.90. The van der Waals surface area contributed by atoms with Crippen molar-refractivity contribution in [1.29, 1.82) is 0 Å². The van der Waals surface area contributed by atoms with Crippen LogP contribution in [0.15, 0.2) is 32.9 Å². The zero-order chi connectivity index (χ0) is 37.0. The zero-order valence-electron chi connectivity index (χ0n) is 29.0. The van der Waals surface area contributed by atoms with Crippen LogP contribution in [0.5, 0.6) is 0 Å². The predicted octanol–water partition coefficient (Wildman–Crippen LogP) is 4.91. The normalized spacial score (nSPS) is 11.9. The molecule has 0 unspecified atom stereocenters. The summed E-state index contributed by atoms with van der Waals surface area (Å²) in [7, 11) is 3.11. The van der Waals surface area contributed by atoms with Crippen LogP contribution in [0.1, 0.15) is 97.2 Å². The summed E-state index contributed by atoms with van der Waals surface area (Å²) in [5.41, 5.74) is 14.5. The van der Waals surface area contributed by atoms with E-state index in [0.29, 0.717) is 30.1 Å². The molecule has 0 amide bonds. The van der Waals surface area contributed by atoms with Crippen LogP contribution in [-0.4, -0.2) is 76.2 Å². The molecule has 0 aliphatic rings. The lowest BCUT2D eigenvalue weighted by molar-refractivity contribution is 0.0686. The Labute approximate surface area is 291 Å². The maximum Gasteiger partial charge on any atom is 0.341 e. The van der Waals surface area contributed by atoms with Crippen molar-refractivity contribution >= 4 is 46.6 Å². The average Bonchev–Trinajstić information content (AvgIpc) is 3.83. The highest BCUT2D eigenvalue weighted by Crippen LogP contribution is 2.34. The number of carbonyl (C=O) groups is 2. The minimum atomic E-state index is -1.20. The highest BCUT2D eigenvalue weighted by molar-refractivity contribution is 5.92. The Morgan fingerprint density at radius 2 is 1.14 bits per heavy atom. The van der Waals surface area contributed by atoms with Gasteiger partial charge in [0.05, 0.1) is 23.8 Å². The second-order valence-electron chi connectivity index (χ2n) is 11.9. The SMILES string of the molecule is CCCCc1nn(-c2nc(C(C)C)nc(-n3nc(CCCC)c(N=Nc4c(C(=O)O)cnn4C)c3N)n2)c(N)c1N=Nc1c(C(=O)O)cnn1C. The summed E-state index contributed by atoms with van der Waals surface area (Å²) >= 11 is 0. The summed E-state index contributed by atoms with van der Waals surface area (Å²) in [5, 5.41) is 53.5. The first-order valence-corrected chi connectivity index (χ1v) is 16.2. The first-order chi connectivity index (χ1) is 24.4. The fourth-order valence-corrected chi connectivity index (χ4v) is 4.90. The van der Waals surface area contributed by atoms with Crippen molar-refractivity contribution < 1.29 is 19.8 Å². The Morgan fingerprint density at radius 3 is 1.49 bits per heavy atom. The summed E-state index contributed by atoms with van der Waals surface area (Å²) in [4.78, 5) is 37.4. The molecule has 0 radical (unpaired) electrons. The molecule has 21 heteroatoms. The lowest BCUT2D eigenvalue weighted by Gasteiger charge is -2.10. The predicted molar refractivity (Wildman–Crippen MR) is 183 cm³/mol. The molecular formula is C30H39N17O4. The van der Waals surface area contributed by atoms with Crippen LogP contribution < -0.4 is 11.5 Å². The van der Waals surface area contributed by atoms with Crippen LogP contribution in [-0.2, 0) is 26.9 Å². The molecule has 0 aliphatic carbocycles. The first kappa shape index (κ1) is 35.9. The molecule has 0 saturated carbocycles. The molecule has 5 aromatic rings. The molecule has 0 spiro atoms. The number of hydrogen-bond acceptors (Lipinski definition) is 15. The number of hydrogen-bond donors (Lipinski definition) is 4. The average molecular weight is 702 g/mol. The van der Waals surface area contributed by atoms with E-state index in [1.54, 1.807) is 14.1 Å². The zero-order valence-corrected chi connectivity index (χ0v) is 29.0. The molecule has 6 N–H and O–H groups in total. The number of nitrogen functional groups attached to an aromatic ring is 2. The number of unbranched alkanes of at least 4 members (excludes halogenated alkanes) is 2. The Kier molecular flexibility index (Phi) is 10.6. The summed E-state index contributed by atoms with van der Waals surface area (Å²) in [5.74, 6) is -1.88. The number of nitrogens with two attached hydrogens (primary N) is 2. The lowest BCUT2D eigenvalue weighted by Crippen LogP contribution is -2.16. The molecule has 0 bridgehead atoms. The number of rotatable bonds is 15. The van der Waals surface area contributed by atoms with Gasteiger partial charge in [-0.3, -0.25) is 0 Å². The van der Waals surface area contributed by atoms with E-state index in [9.17, 15) is 19.8 Å². The molecule has 0 aliphatic heterocycles. The van der Waals surface area contributed by atoms with Crippen molar-refractivity contribution in [2.75, 3.05) is 11.5 Å². The Hall–Kier alpha value is -6.41. The number of carboxylic acid groups (broad SMARTS) is 2. The largest absolute Gasteiger partial charge is 0.477 e. The van der Waals surface area contributed by atoms with Gasteiger partial charge in [-0.1, -0.05) is 40.5 Å². The number of aryl methyl sites for hydroxylation is 4. The van der Waals surface area contributed by atoms with Gasteiger partial charge in [0.2, 0.25) is 0 Å². The van der Waals surface area contributed by atoms with Crippen molar-refractivity contribution in [2.45, 2.75) is 72.1 Å². The van der Waals surface area contributed by atoms with Crippen molar-refractivity contribution in [3.63, 3.8) is 0 Å². The summed E-state index contributed by atoms with van der Waals surface area (Å²) < 4.78 is 5.24. The molecule has 51 heavy (non-hydrogen) atoms. The Morgan fingerprint density at radius 1 is 0.725 bits per heavy atom. The van der Waals surface area contributed by atoms with Gasteiger partial charge in [-0.15, -0.1) is 20.5 Å². The molecule has 21 nitrogen and oxygen atoms in total. The lowest BCUT2D eigenvalue weighted by atomic mass is 10.2. The van der Waals surface area contributed by atoms with E-state index < -0.39 is 11.9 Å². The highest BCUT2D eigenvalue weighted by atomic mass is 16.4. The molecule has 268 valence electrons. The summed E-state index contributed by atoms with van der Waals surface area (Å²) in [6.45, 7) is 7.87. The van der Waals surface area contributed by atoms with Crippen LogP contribution in [0.25, 0.3) is 11.9 Å². The number of nitrogens with zero attached hydrogens (tertiary/aromatic N) is 15. The number of anilines is 2. The second-order valence-corrected chi connectivity index (χ2v) is 11.9. The molecule has 5 aromatic heterocycles. The quantitative estimate of drug-likeness (QED) is 0.106. The standard InChI is InChI=1S/C30H39N17O4/c1-7-9-11-18-20(38-40-25-16(27(48)49)13-33-44(25)5)22(31)46(42-18)29-35-24(15(3)4)36-30(37-29)47-23(32)21(19(43-47)12-10-8-2)39-41-26-17(28(50)51)14-34-45(26)6/h13-15H,7-12,31-32H2,1-6H3,(H,48,49)(H,50,51). The van der Waals surface area contributed by atoms with Gasteiger partial charge in [0.25, 0.3) is 11.9 Å². The van der Waals surface area contributed by atoms with Crippen molar-refractivity contribution in [2.24, 2.45) is 34.6 Å².